The third-order valence-corrected chi connectivity index (χ3v) is 9.60. The first kappa shape index (κ1) is 25.2. The molecule has 0 aliphatic heterocycles. The highest BCUT2D eigenvalue weighted by atomic mass is 15.0. The summed E-state index contributed by atoms with van der Waals surface area (Å²) in [6.45, 7) is 0. The second-order valence-corrected chi connectivity index (χ2v) is 12.1. The Morgan fingerprint density at radius 2 is 1.02 bits per heavy atom. The maximum Gasteiger partial charge on any atom is 0.0645 e. The minimum absolute atomic E-state index is 1.06. The number of hydrogen-bond donors (Lipinski definition) is 1. The van der Waals surface area contributed by atoms with Crippen LogP contribution in [0.2, 0.25) is 0 Å². The Balaban J connectivity index is 1.20. The summed E-state index contributed by atoms with van der Waals surface area (Å²) in [6.07, 6.45) is 3.78. The fraction of sp³-hybridized carbons (Fsp3) is 0. The van der Waals surface area contributed by atoms with Crippen LogP contribution in [-0.4, -0.2) is 14.5 Å². The molecule has 7 aromatic carbocycles. The van der Waals surface area contributed by atoms with Gasteiger partial charge in [-0.1, -0.05) is 109 Å². The topological polar surface area (TPSA) is 33.6 Å². The van der Waals surface area contributed by atoms with Gasteiger partial charge < -0.3 is 9.55 Å². The van der Waals surface area contributed by atoms with Crippen molar-refractivity contribution in [3.8, 4) is 27.9 Å². The first-order chi connectivity index (χ1) is 22.8. The minimum atomic E-state index is 1.06. The number of nitrogens with zero attached hydrogens (tertiary/aromatic N) is 2. The molecule has 0 unspecified atom stereocenters. The van der Waals surface area contributed by atoms with Crippen molar-refractivity contribution >= 4 is 65.2 Å². The average Bonchev–Trinajstić information content (AvgIpc) is 3.67. The highest BCUT2D eigenvalue weighted by Crippen LogP contribution is 2.43. The monoisotopic (exact) mass is 585 g/mol. The Kier molecular flexibility index (Phi) is 5.28. The zero-order valence-corrected chi connectivity index (χ0v) is 24.9. The molecule has 10 aromatic rings. The smallest absolute Gasteiger partial charge is 0.0645 e. The van der Waals surface area contributed by atoms with Crippen LogP contribution in [-0.2, 0) is 0 Å². The summed E-state index contributed by atoms with van der Waals surface area (Å²) in [5.74, 6) is 0. The summed E-state index contributed by atoms with van der Waals surface area (Å²) in [7, 11) is 0. The molecule has 0 aliphatic carbocycles. The molecule has 0 fully saturated rings. The van der Waals surface area contributed by atoms with Gasteiger partial charge in [-0.2, -0.15) is 0 Å². The molecule has 3 heterocycles. The Bertz CT molecular complexity index is 2780. The summed E-state index contributed by atoms with van der Waals surface area (Å²) in [4.78, 5) is 8.14. The lowest BCUT2D eigenvalue weighted by Crippen LogP contribution is -1.94. The Hall–Kier alpha value is -6.19. The predicted molar refractivity (Wildman–Crippen MR) is 194 cm³/mol. The van der Waals surface area contributed by atoms with Crippen molar-refractivity contribution in [1.82, 2.24) is 14.5 Å². The predicted octanol–water partition coefficient (Wildman–Crippen LogP) is 11.5. The Morgan fingerprint density at radius 3 is 1.72 bits per heavy atom. The fourth-order valence-electron chi connectivity index (χ4n) is 7.62. The van der Waals surface area contributed by atoms with Gasteiger partial charge in [-0.15, -0.1) is 0 Å². The number of nitrogens with one attached hydrogen (secondary N) is 1. The van der Waals surface area contributed by atoms with Gasteiger partial charge in [0, 0.05) is 38.8 Å². The van der Waals surface area contributed by atoms with E-state index in [4.69, 9.17) is 0 Å². The number of hydrogen-bond acceptors (Lipinski definition) is 1. The van der Waals surface area contributed by atoms with E-state index in [1.807, 2.05) is 18.5 Å². The molecule has 3 heteroatoms. The molecule has 0 saturated heterocycles. The molecule has 1 N–H and O–H groups in total. The van der Waals surface area contributed by atoms with Crippen LogP contribution in [0.5, 0.6) is 0 Å². The number of pyridine rings is 1. The van der Waals surface area contributed by atoms with Gasteiger partial charge in [0.1, 0.15) is 0 Å². The van der Waals surface area contributed by atoms with Gasteiger partial charge in [-0.25, -0.2) is 0 Å². The van der Waals surface area contributed by atoms with Crippen LogP contribution in [0.3, 0.4) is 0 Å². The van der Waals surface area contributed by atoms with Crippen LogP contribution in [0.25, 0.3) is 93.1 Å². The molecule has 0 saturated carbocycles. The fourth-order valence-corrected chi connectivity index (χ4v) is 7.62. The van der Waals surface area contributed by atoms with Crippen LogP contribution in [0.4, 0.5) is 0 Å². The second-order valence-electron chi connectivity index (χ2n) is 12.1. The summed E-state index contributed by atoms with van der Waals surface area (Å²) in [5, 5.41) is 10.1. The summed E-state index contributed by atoms with van der Waals surface area (Å²) in [6, 6.07) is 52.8. The van der Waals surface area contributed by atoms with Gasteiger partial charge in [0.2, 0.25) is 0 Å². The molecule has 214 valence electrons. The van der Waals surface area contributed by atoms with E-state index in [0.29, 0.717) is 0 Å². The van der Waals surface area contributed by atoms with Crippen molar-refractivity contribution in [2.24, 2.45) is 0 Å². The quantitative estimate of drug-likeness (QED) is 0.220. The average molecular weight is 586 g/mol. The van der Waals surface area contributed by atoms with Crippen molar-refractivity contribution in [3.63, 3.8) is 0 Å². The van der Waals surface area contributed by atoms with E-state index in [1.165, 1.54) is 87.4 Å². The maximum absolute atomic E-state index is 4.47. The molecule has 0 aliphatic rings. The molecule has 0 spiro atoms. The number of aromatic amines is 1. The van der Waals surface area contributed by atoms with Crippen LogP contribution in [0.15, 0.2) is 158 Å². The molecule has 10 rings (SSSR count). The van der Waals surface area contributed by atoms with Crippen molar-refractivity contribution in [2.75, 3.05) is 0 Å². The first-order valence-electron chi connectivity index (χ1n) is 15.7. The number of aromatic nitrogens is 3. The molecule has 46 heavy (non-hydrogen) atoms. The zero-order valence-electron chi connectivity index (χ0n) is 24.9. The van der Waals surface area contributed by atoms with E-state index in [9.17, 15) is 0 Å². The maximum atomic E-state index is 4.47. The van der Waals surface area contributed by atoms with Gasteiger partial charge >= 0.3 is 0 Å². The number of fused-ring (bicyclic) bond motifs is 10. The molecule has 3 aromatic heterocycles. The first-order valence-corrected chi connectivity index (χ1v) is 15.7. The molecule has 3 nitrogen and oxygen atoms in total. The molecular formula is C43H27N3. The van der Waals surface area contributed by atoms with Gasteiger partial charge in [0.05, 0.1) is 22.9 Å². The Morgan fingerprint density at radius 1 is 0.435 bits per heavy atom. The van der Waals surface area contributed by atoms with Gasteiger partial charge in [0.25, 0.3) is 0 Å². The van der Waals surface area contributed by atoms with Crippen molar-refractivity contribution in [2.45, 2.75) is 0 Å². The van der Waals surface area contributed by atoms with Gasteiger partial charge in [-0.3, -0.25) is 4.98 Å². The zero-order chi connectivity index (χ0) is 30.2. The molecule has 0 amide bonds. The SMILES string of the molecule is c1cncc(-n2c3ccccc3c3c4ccccc4c(-c4ccc(-c5cc6[nH]c7ccccc7c6c6ccccc56)cc4)cc32)c1. The van der Waals surface area contributed by atoms with Crippen molar-refractivity contribution < 1.29 is 0 Å². The lowest BCUT2D eigenvalue weighted by atomic mass is 9.92. The number of para-hydroxylation sites is 2. The third-order valence-electron chi connectivity index (χ3n) is 9.60. The molecule has 0 bridgehead atoms. The lowest BCUT2D eigenvalue weighted by molar-refractivity contribution is 1.14. The molecular weight excluding hydrogens is 558 g/mol. The van der Waals surface area contributed by atoms with Crippen LogP contribution in [0.1, 0.15) is 0 Å². The number of rotatable bonds is 3. The van der Waals surface area contributed by atoms with Crippen LogP contribution >= 0.6 is 0 Å². The highest BCUT2D eigenvalue weighted by Gasteiger charge is 2.18. The second kappa shape index (κ2) is 9.65. The standard InChI is InChI=1S/C43H27N3/c1-3-13-32-30(11-1)36(24-39-42(32)34-15-5-7-17-38(34)45-39)27-19-21-28(22-20-27)37-25-41-43(33-14-4-2-12-31(33)37)35-16-6-8-18-40(35)46(41)29-10-9-23-44-26-29/h1-26,45H. The normalized spacial score (nSPS) is 11.9. The summed E-state index contributed by atoms with van der Waals surface area (Å²) < 4.78 is 2.35. The van der Waals surface area contributed by atoms with E-state index >= 15 is 0 Å². The Labute approximate surface area is 265 Å². The molecule has 0 radical (unpaired) electrons. The number of benzene rings is 7. The van der Waals surface area contributed by atoms with Crippen molar-refractivity contribution in [1.29, 1.82) is 0 Å². The van der Waals surface area contributed by atoms with Crippen LogP contribution in [0, 0.1) is 0 Å². The van der Waals surface area contributed by atoms with E-state index in [-0.39, 0.29) is 0 Å². The van der Waals surface area contributed by atoms with Crippen molar-refractivity contribution in [3.05, 3.63) is 158 Å². The van der Waals surface area contributed by atoms with E-state index < -0.39 is 0 Å². The van der Waals surface area contributed by atoms with E-state index in [1.54, 1.807) is 0 Å². The van der Waals surface area contributed by atoms with Gasteiger partial charge in [-0.05, 0) is 80.2 Å². The van der Waals surface area contributed by atoms with E-state index in [2.05, 4.69) is 154 Å². The highest BCUT2D eigenvalue weighted by molar-refractivity contribution is 6.25. The summed E-state index contributed by atoms with van der Waals surface area (Å²) >= 11 is 0. The third kappa shape index (κ3) is 3.57. The lowest BCUT2D eigenvalue weighted by Gasteiger charge is -2.13. The molecule has 0 atom stereocenters. The van der Waals surface area contributed by atoms with Gasteiger partial charge in [0.15, 0.2) is 0 Å². The summed E-state index contributed by atoms with van der Waals surface area (Å²) in [5.41, 5.74) is 10.6. The number of H-pyrrole nitrogens is 1. The van der Waals surface area contributed by atoms with E-state index in [0.717, 1.165) is 5.69 Å². The van der Waals surface area contributed by atoms with Crippen LogP contribution < -0.4 is 0 Å². The minimum Gasteiger partial charge on any atom is -0.354 e. The largest absolute Gasteiger partial charge is 0.354 e.